The molecule has 0 radical (unpaired) electrons. The minimum atomic E-state index is -1.70. The molecule has 5 atom stereocenters. The average Bonchev–Trinajstić information content (AvgIpc) is 2.67. The zero-order chi connectivity index (χ0) is 21.7. The first-order valence-corrected chi connectivity index (χ1v) is 8.59. The first kappa shape index (κ1) is 22.4. The van der Waals surface area contributed by atoms with Gasteiger partial charge in [-0.2, -0.15) is 0 Å². The van der Waals surface area contributed by atoms with Crippen LogP contribution >= 0.6 is 0 Å². The minimum absolute atomic E-state index is 0.0558. The highest BCUT2D eigenvalue weighted by atomic mass is 16.7. The Kier molecular flexibility index (Phi) is 7.37. The number of rotatable bonds is 6. The second-order valence-electron chi connectivity index (χ2n) is 6.24. The van der Waals surface area contributed by atoms with Gasteiger partial charge in [-0.15, -0.1) is 0 Å². The molecule has 1 aliphatic rings. The second-order valence-corrected chi connectivity index (χ2v) is 6.24. The van der Waals surface area contributed by atoms with Gasteiger partial charge in [0.1, 0.15) is 11.9 Å². The van der Waals surface area contributed by atoms with Crippen molar-refractivity contribution >= 4 is 23.6 Å². The molecule has 2 rings (SSSR count). The van der Waals surface area contributed by atoms with E-state index in [4.69, 9.17) is 24.7 Å². The third-order valence-electron chi connectivity index (χ3n) is 4.06. The van der Waals surface area contributed by atoms with E-state index in [0.717, 1.165) is 21.0 Å². The summed E-state index contributed by atoms with van der Waals surface area (Å²) in [4.78, 5) is 35.1. The van der Waals surface area contributed by atoms with Crippen LogP contribution in [-0.4, -0.2) is 65.9 Å². The molecule has 160 valence electrons. The van der Waals surface area contributed by atoms with Gasteiger partial charge in [0.15, 0.2) is 12.2 Å². The van der Waals surface area contributed by atoms with Crippen molar-refractivity contribution in [3.63, 3.8) is 0 Å². The van der Waals surface area contributed by atoms with Gasteiger partial charge in [-0.05, 0) is 17.7 Å². The maximum absolute atomic E-state index is 12.0. The SMILES string of the molecule is COC(=O)[C@H]1O[C@@H](Oc2cc(CO)ccc2N)[C@H](OC(C)=O)[C@@H](OC(C)=O)[C@@H]1O. The zero-order valence-electron chi connectivity index (χ0n) is 16.1. The standard InChI is InChI=1S/C18H23NO10/c1-8(21)26-14-13(23)15(17(24)25-3)29-18(16(14)27-9(2)22)28-12-6-10(7-20)4-5-11(12)19/h4-6,13-16,18,20,23H,7,19H2,1-3H3/t13-,14-,15-,16+,18+/m0/s1. The maximum atomic E-state index is 12.0. The van der Waals surface area contributed by atoms with Gasteiger partial charge in [0.2, 0.25) is 12.4 Å². The van der Waals surface area contributed by atoms with E-state index in [1.54, 1.807) is 6.07 Å². The normalized spacial score (nSPS) is 26.3. The minimum Gasteiger partial charge on any atom is -0.467 e. The van der Waals surface area contributed by atoms with Gasteiger partial charge in [-0.1, -0.05) is 6.07 Å². The molecule has 0 aromatic heterocycles. The van der Waals surface area contributed by atoms with Crippen molar-refractivity contribution in [2.45, 2.75) is 51.2 Å². The Morgan fingerprint density at radius 1 is 1.14 bits per heavy atom. The van der Waals surface area contributed by atoms with Gasteiger partial charge in [0.25, 0.3) is 0 Å². The van der Waals surface area contributed by atoms with E-state index in [-0.39, 0.29) is 18.0 Å². The summed E-state index contributed by atoms with van der Waals surface area (Å²) in [7, 11) is 1.08. The van der Waals surface area contributed by atoms with Gasteiger partial charge in [0, 0.05) is 13.8 Å². The lowest BCUT2D eigenvalue weighted by Crippen LogP contribution is -2.63. The molecule has 0 amide bonds. The predicted octanol–water partition coefficient (Wildman–Crippen LogP) is -0.738. The van der Waals surface area contributed by atoms with Crippen LogP contribution in [0.5, 0.6) is 5.75 Å². The number of hydrogen-bond acceptors (Lipinski definition) is 11. The summed E-state index contributed by atoms with van der Waals surface area (Å²) in [5.74, 6) is -2.47. The number of esters is 3. The lowest BCUT2D eigenvalue weighted by atomic mass is 9.98. The smallest absolute Gasteiger partial charge is 0.338 e. The number of nitrogens with two attached hydrogens (primary N) is 1. The molecule has 1 fully saturated rings. The molecule has 1 aromatic rings. The second kappa shape index (κ2) is 9.54. The topological polar surface area (TPSA) is 164 Å². The molecule has 0 unspecified atom stereocenters. The lowest BCUT2D eigenvalue weighted by molar-refractivity contribution is -0.279. The quantitative estimate of drug-likeness (QED) is 0.306. The molecule has 1 aromatic carbocycles. The van der Waals surface area contributed by atoms with E-state index in [0.29, 0.717) is 5.56 Å². The number of aliphatic hydroxyl groups excluding tert-OH is 2. The van der Waals surface area contributed by atoms with Gasteiger partial charge in [0.05, 0.1) is 19.4 Å². The zero-order valence-corrected chi connectivity index (χ0v) is 16.1. The largest absolute Gasteiger partial charge is 0.467 e. The van der Waals surface area contributed by atoms with Crippen molar-refractivity contribution in [1.82, 2.24) is 0 Å². The number of anilines is 1. The molecule has 0 saturated carbocycles. The van der Waals surface area contributed by atoms with Crippen LogP contribution in [0.1, 0.15) is 19.4 Å². The van der Waals surface area contributed by atoms with E-state index in [1.165, 1.54) is 12.1 Å². The molecule has 0 spiro atoms. The summed E-state index contributed by atoms with van der Waals surface area (Å²) in [6.07, 6.45) is -7.70. The lowest BCUT2D eigenvalue weighted by Gasteiger charge is -2.41. The Morgan fingerprint density at radius 3 is 2.31 bits per heavy atom. The molecule has 11 heteroatoms. The van der Waals surface area contributed by atoms with E-state index < -0.39 is 48.6 Å². The van der Waals surface area contributed by atoms with E-state index in [1.807, 2.05) is 0 Å². The first-order valence-electron chi connectivity index (χ1n) is 8.59. The molecule has 0 bridgehead atoms. The van der Waals surface area contributed by atoms with E-state index >= 15 is 0 Å². The summed E-state index contributed by atoms with van der Waals surface area (Å²) < 4.78 is 26.0. The molecule has 1 aliphatic heterocycles. The van der Waals surface area contributed by atoms with Crippen LogP contribution in [0.4, 0.5) is 5.69 Å². The highest BCUT2D eigenvalue weighted by Gasteiger charge is 2.53. The van der Waals surface area contributed by atoms with Gasteiger partial charge in [-0.25, -0.2) is 4.79 Å². The Balaban J connectivity index is 2.44. The predicted molar refractivity (Wildman–Crippen MR) is 95.2 cm³/mol. The third kappa shape index (κ3) is 5.34. The number of ether oxygens (including phenoxy) is 5. The van der Waals surface area contributed by atoms with Crippen molar-refractivity contribution in [2.24, 2.45) is 0 Å². The van der Waals surface area contributed by atoms with Crippen molar-refractivity contribution in [3.05, 3.63) is 23.8 Å². The number of aliphatic hydroxyl groups is 2. The molecule has 4 N–H and O–H groups in total. The average molecular weight is 413 g/mol. The summed E-state index contributed by atoms with van der Waals surface area (Å²) in [6, 6.07) is 4.46. The van der Waals surface area contributed by atoms with Crippen LogP contribution in [0.25, 0.3) is 0 Å². The summed E-state index contributed by atoms with van der Waals surface area (Å²) >= 11 is 0. The fourth-order valence-electron chi connectivity index (χ4n) is 2.78. The monoisotopic (exact) mass is 413 g/mol. The third-order valence-corrected chi connectivity index (χ3v) is 4.06. The van der Waals surface area contributed by atoms with Crippen LogP contribution in [0.15, 0.2) is 18.2 Å². The Bertz CT molecular complexity index is 767. The highest BCUT2D eigenvalue weighted by Crippen LogP contribution is 2.31. The van der Waals surface area contributed by atoms with Crippen LogP contribution in [0.2, 0.25) is 0 Å². The Hall–Kier alpha value is -2.89. The summed E-state index contributed by atoms with van der Waals surface area (Å²) in [5, 5.41) is 19.8. The summed E-state index contributed by atoms with van der Waals surface area (Å²) in [6.45, 7) is 1.88. The number of hydrogen-bond donors (Lipinski definition) is 3. The molecule has 1 saturated heterocycles. The van der Waals surface area contributed by atoms with Crippen molar-refractivity contribution in [2.75, 3.05) is 12.8 Å². The molecule has 11 nitrogen and oxygen atoms in total. The molecule has 0 aliphatic carbocycles. The van der Waals surface area contributed by atoms with Crippen molar-refractivity contribution in [3.8, 4) is 5.75 Å². The van der Waals surface area contributed by atoms with Crippen LogP contribution in [0.3, 0.4) is 0 Å². The molecular formula is C18H23NO10. The molecule has 1 heterocycles. The number of methoxy groups -OCH3 is 1. The highest BCUT2D eigenvalue weighted by molar-refractivity contribution is 5.76. The fourth-order valence-corrected chi connectivity index (χ4v) is 2.78. The van der Waals surface area contributed by atoms with Crippen molar-refractivity contribution < 1.29 is 48.3 Å². The summed E-state index contributed by atoms with van der Waals surface area (Å²) in [5.41, 5.74) is 6.51. The number of nitrogen functional groups attached to an aromatic ring is 1. The van der Waals surface area contributed by atoms with Crippen LogP contribution in [-0.2, 0) is 39.9 Å². The van der Waals surface area contributed by atoms with E-state index in [9.17, 15) is 24.6 Å². The first-order chi connectivity index (χ1) is 13.7. The number of benzene rings is 1. The molecular weight excluding hydrogens is 390 g/mol. The van der Waals surface area contributed by atoms with Crippen LogP contribution < -0.4 is 10.5 Å². The van der Waals surface area contributed by atoms with Gasteiger partial charge >= 0.3 is 17.9 Å². The van der Waals surface area contributed by atoms with Crippen molar-refractivity contribution in [1.29, 1.82) is 0 Å². The Labute approximate surface area is 166 Å². The van der Waals surface area contributed by atoms with E-state index in [2.05, 4.69) is 4.74 Å². The fraction of sp³-hybridized carbons (Fsp3) is 0.500. The number of carbonyl (C=O) groups is 3. The molecule has 29 heavy (non-hydrogen) atoms. The maximum Gasteiger partial charge on any atom is 0.338 e. The van der Waals surface area contributed by atoms with Crippen LogP contribution in [0, 0.1) is 0 Å². The number of carbonyl (C=O) groups excluding carboxylic acids is 3. The van der Waals surface area contributed by atoms with Gasteiger partial charge in [-0.3, -0.25) is 9.59 Å². The van der Waals surface area contributed by atoms with Gasteiger partial charge < -0.3 is 39.6 Å². The Morgan fingerprint density at radius 2 is 1.76 bits per heavy atom.